The molecule has 1 aliphatic carbocycles. The number of rotatable bonds is 2. The van der Waals surface area contributed by atoms with Crippen LogP contribution in [0.2, 0.25) is 0 Å². The molecule has 21 heavy (non-hydrogen) atoms. The van der Waals surface area contributed by atoms with Gasteiger partial charge in [-0.05, 0) is 24.8 Å². The number of carbonyl (C=O) groups excluding carboxylic acids is 1. The van der Waals surface area contributed by atoms with E-state index in [1.807, 2.05) is 0 Å². The zero-order valence-electron chi connectivity index (χ0n) is 11.9. The lowest BCUT2D eigenvalue weighted by molar-refractivity contribution is -0.137. The molecule has 1 aliphatic heterocycles. The van der Waals surface area contributed by atoms with Gasteiger partial charge in [0.15, 0.2) is 0 Å². The Hall–Kier alpha value is -1.58. The summed E-state index contributed by atoms with van der Waals surface area (Å²) in [5.41, 5.74) is 6.64. The van der Waals surface area contributed by atoms with Crippen molar-refractivity contribution in [2.24, 2.45) is 0 Å². The zero-order chi connectivity index (χ0) is 15.0. The highest BCUT2D eigenvalue weighted by atomic mass is 32.1. The van der Waals surface area contributed by atoms with Crippen molar-refractivity contribution in [3.8, 4) is 6.07 Å². The molecule has 1 aromatic heterocycles. The Balaban J connectivity index is 1.71. The summed E-state index contributed by atoms with van der Waals surface area (Å²) in [6, 6.07) is 2.15. The van der Waals surface area contributed by atoms with Crippen molar-refractivity contribution in [3.63, 3.8) is 0 Å². The fraction of sp³-hybridized carbons (Fsp3) is 0.600. The summed E-state index contributed by atoms with van der Waals surface area (Å²) in [4.78, 5) is 15.2. The molecule has 2 heterocycles. The number of hydrogen-bond acceptors (Lipinski definition) is 5. The molecular formula is C15H19N3O2S. The van der Waals surface area contributed by atoms with Gasteiger partial charge in [-0.2, -0.15) is 5.26 Å². The molecule has 0 atom stereocenters. The maximum atomic E-state index is 12.4. The molecule has 6 heteroatoms. The number of nitrogen functional groups attached to an aromatic ring is 1. The highest BCUT2D eigenvalue weighted by Gasteiger charge is 2.36. The Kier molecular flexibility index (Phi) is 3.64. The highest BCUT2D eigenvalue weighted by molar-refractivity contribution is 7.16. The third-order valence-corrected chi connectivity index (χ3v) is 5.61. The number of anilines is 1. The molecule has 0 saturated heterocycles. The first-order valence-electron chi connectivity index (χ1n) is 7.33. The van der Waals surface area contributed by atoms with Crippen LogP contribution in [0.25, 0.3) is 0 Å². The lowest BCUT2D eigenvalue weighted by Crippen LogP contribution is -2.40. The van der Waals surface area contributed by atoms with Crippen molar-refractivity contribution in [2.45, 2.75) is 50.7 Å². The van der Waals surface area contributed by atoms with Gasteiger partial charge in [-0.25, -0.2) is 0 Å². The fourth-order valence-corrected chi connectivity index (χ4v) is 4.45. The summed E-state index contributed by atoms with van der Waals surface area (Å²) in [6.45, 7) is 1.12. The van der Waals surface area contributed by atoms with E-state index < -0.39 is 5.60 Å². The lowest BCUT2D eigenvalue weighted by Gasteiger charge is -2.30. The summed E-state index contributed by atoms with van der Waals surface area (Å²) in [5.74, 6) is 0.00975. The topological polar surface area (TPSA) is 90.4 Å². The SMILES string of the molecule is N#Cc1c(N)sc2c1CCN(C(=O)CC1(O)CCCC1)C2. The molecule has 3 rings (SSSR count). The van der Waals surface area contributed by atoms with E-state index in [2.05, 4.69) is 6.07 Å². The van der Waals surface area contributed by atoms with Gasteiger partial charge in [-0.15, -0.1) is 11.3 Å². The summed E-state index contributed by atoms with van der Waals surface area (Å²) < 4.78 is 0. The third kappa shape index (κ3) is 2.63. The smallest absolute Gasteiger partial charge is 0.225 e. The maximum Gasteiger partial charge on any atom is 0.225 e. The second-order valence-electron chi connectivity index (χ2n) is 6.03. The van der Waals surface area contributed by atoms with Crippen molar-refractivity contribution in [2.75, 3.05) is 12.3 Å². The fourth-order valence-electron chi connectivity index (χ4n) is 3.36. The number of carbonyl (C=O) groups is 1. The Morgan fingerprint density at radius 1 is 1.48 bits per heavy atom. The van der Waals surface area contributed by atoms with Gasteiger partial charge in [-0.3, -0.25) is 4.79 Å². The Morgan fingerprint density at radius 3 is 2.86 bits per heavy atom. The van der Waals surface area contributed by atoms with Crippen molar-refractivity contribution < 1.29 is 9.90 Å². The molecule has 0 radical (unpaired) electrons. The van der Waals surface area contributed by atoms with Gasteiger partial charge in [0.05, 0.1) is 24.1 Å². The summed E-state index contributed by atoms with van der Waals surface area (Å²) in [6.07, 6.45) is 4.34. The minimum absolute atomic E-state index is 0.00975. The van der Waals surface area contributed by atoms with Gasteiger partial charge in [0.1, 0.15) is 11.1 Å². The number of fused-ring (bicyclic) bond motifs is 1. The summed E-state index contributed by atoms with van der Waals surface area (Å²) in [7, 11) is 0. The monoisotopic (exact) mass is 305 g/mol. The van der Waals surface area contributed by atoms with E-state index in [1.165, 1.54) is 11.3 Å². The Labute approximate surface area is 128 Å². The van der Waals surface area contributed by atoms with Crippen LogP contribution in [0.3, 0.4) is 0 Å². The first-order chi connectivity index (χ1) is 10.0. The van der Waals surface area contributed by atoms with Crippen LogP contribution in [0.15, 0.2) is 0 Å². The number of amides is 1. The van der Waals surface area contributed by atoms with Crippen LogP contribution in [0.1, 0.15) is 48.1 Å². The van der Waals surface area contributed by atoms with Gasteiger partial charge >= 0.3 is 0 Å². The molecule has 1 saturated carbocycles. The first-order valence-corrected chi connectivity index (χ1v) is 8.14. The van der Waals surface area contributed by atoms with E-state index in [0.717, 1.165) is 36.1 Å². The van der Waals surface area contributed by atoms with E-state index >= 15 is 0 Å². The molecule has 1 aromatic rings. The second kappa shape index (κ2) is 5.32. The quantitative estimate of drug-likeness (QED) is 0.871. The predicted molar refractivity (Wildman–Crippen MR) is 80.6 cm³/mol. The average molecular weight is 305 g/mol. The molecule has 0 unspecified atom stereocenters. The minimum Gasteiger partial charge on any atom is -0.389 e. The average Bonchev–Trinajstić information content (AvgIpc) is 3.00. The van der Waals surface area contributed by atoms with E-state index in [4.69, 9.17) is 11.0 Å². The molecule has 0 bridgehead atoms. The van der Waals surface area contributed by atoms with Crippen molar-refractivity contribution in [3.05, 3.63) is 16.0 Å². The molecule has 1 fully saturated rings. The second-order valence-corrected chi connectivity index (χ2v) is 7.17. The molecular weight excluding hydrogens is 286 g/mol. The van der Waals surface area contributed by atoms with Gasteiger partial charge < -0.3 is 15.7 Å². The predicted octanol–water partition coefficient (Wildman–Crippen LogP) is 1.78. The van der Waals surface area contributed by atoms with Gasteiger partial charge in [0.25, 0.3) is 0 Å². The van der Waals surface area contributed by atoms with Crippen molar-refractivity contribution >= 4 is 22.2 Å². The van der Waals surface area contributed by atoms with E-state index in [1.54, 1.807) is 4.90 Å². The number of thiophene rings is 1. The highest BCUT2D eigenvalue weighted by Crippen LogP contribution is 2.36. The molecule has 112 valence electrons. The van der Waals surface area contributed by atoms with Crippen LogP contribution in [-0.2, 0) is 17.8 Å². The minimum atomic E-state index is -0.802. The van der Waals surface area contributed by atoms with Crippen LogP contribution in [0, 0.1) is 11.3 Å². The number of nitrogens with zero attached hydrogens (tertiary/aromatic N) is 2. The molecule has 3 N–H and O–H groups in total. The summed E-state index contributed by atoms with van der Waals surface area (Å²) >= 11 is 1.40. The normalized spacial score (nSPS) is 20.1. The van der Waals surface area contributed by atoms with Gasteiger partial charge in [0, 0.05) is 11.4 Å². The standard InChI is InChI=1S/C15H19N3O2S/c16-8-11-10-3-6-18(9-12(10)21-14(11)17)13(19)7-15(20)4-1-2-5-15/h20H,1-7,9,17H2. The third-order valence-electron chi connectivity index (χ3n) is 4.56. The molecule has 0 aromatic carbocycles. The largest absolute Gasteiger partial charge is 0.389 e. The molecule has 2 aliphatic rings. The Bertz CT molecular complexity index is 611. The number of hydrogen-bond donors (Lipinski definition) is 2. The van der Waals surface area contributed by atoms with Gasteiger partial charge in [0.2, 0.25) is 5.91 Å². The molecule has 5 nitrogen and oxygen atoms in total. The molecule has 1 amide bonds. The number of nitriles is 1. The zero-order valence-corrected chi connectivity index (χ0v) is 12.7. The molecule has 0 spiro atoms. The van der Waals surface area contributed by atoms with Crippen molar-refractivity contribution in [1.29, 1.82) is 5.26 Å². The first kappa shape index (κ1) is 14.4. The van der Waals surface area contributed by atoms with Crippen molar-refractivity contribution in [1.82, 2.24) is 4.90 Å². The number of aliphatic hydroxyl groups is 1. The number of nitrogens with two attached hydrogens (primary N) is 1. The van der Waals surface area contributed by atoms with Crippen LogP contribution in [-0.4, -0.2) is 28.1 Å². The van der Waals surface area contributed by atoms with Crippen LogP contribution in [0.5, 0.6) is 0 Å². The van der Waals surface area contributed by atoms with Crippen LogP contribution in [0.4, 0.5) is 5.00 Å². The maximum absolute atomic E-state index is 12.4. The Morgan fingerprint density at radius 2 is 2.19 bits per heavy atom. The summed E-state index contributed by atoms with van der Waals surface area (Å²) in [5, 5.41) is 20.0. The van der Waals surface area contributed by atoms with E-state index in [9.17, 15) is 9.90 Å². The van der Waals surface area contributed by atoms with E-state index in [-0.39, 0.29) is 12.3 Å². The lowest BCUT2D eigenvalue weighted by atomic mass is 9.96. The van der Waals surface area contributed by atoms with Gasteiger partial charge in [-0.1, -0.05) is 12.8 Å². The van der Waals surface area contributed by atoms with Crippen LogP contribution >= 0.6 is 11.3 Å². The van der Waals surface area contributed by atoms with Crippen LogP contribution < -0.4 is 5.73 Å². The van der Waals surface area contributed by atoms with E-state index in [0.29, 0.717) is 30.1 Å².